The number of hydrogen-bond acceptors (Lipinski definition) is 8. The lowest BCUT2D eigenvalue weighted by Gasteiger charge is -2.53. The zero-order valence-corrected chi connectivity index (χ0v) is 19.3. The van der Waals surface area contributed by atoms with E-state index in [1.807, 2.05) is 36.9 Å². The molecule has 5 rings (SSSR count). The van der Waals surface area contributed by atoms with Crippen molar-refractivity contribution in [3.63, 3.8) is 0 Å². The van der Waals surface area contributed by atoms with Crippen LogP contribution in [0.1, 0.15) is 22.6 Å². The molecule has 1 amide bonds. The zero-order valence-electron chi connectivity index (χ0n) is 19.3. The summed E-state index contributed by atoms with van der Waals surface area (Å²) < 4.78 is 5.36. The van der Waals surface area contributed by atoms with Gasteiger partial charge >= 0.3 is 0 Å². The Hall–Kier alpha value is -3.69. The van der Waals surface area contributed by atoms with Crippen molar-refractivity contribution < 1.29 is 9.53 Å². The van der Waals surface area contributed by atoms with E-state index in [-0.39, 0.29) is 11.9 Å². The number of hydrogen-bond donors (Lipinski definition) is 0. The molecule has 2 aromatic heterocycles. The van der Waals surface area contributed by atoms with E-state index in [1.54, 1.807) is 37.7 Å². The lowest BCUT2D eigenvalue weighted by molar-refractivity contribution is 0.00777. The highest BCUT2D eigenvalue weighted by molar-refractivity contribution is 5.98. The number of anilines is 2. The molecule has 2 fully saturated rings. The number of carbonyl (C=O) groups excluding carboxylic acids is 1. The Morgan fingerprint density at radius 2 is 1.91 bits per heavy atom. The zero-order chi connectivity index (χ0) is 23.1. The summed E-state index contributed by atoms with van der Waals surface area (Å²) in [5, 5.41) is 8.45. The molecule has 1 aromatic carbocycles. The molecular weight excluding hydrogens is 420 g/mol. The van der Waals surface area contributed by atoms with Crippen molar-refractivity contribution in [1.29, 1.82) is 0 Å². The van der Waals surface area contributed by atoms with Crippen molar-refractivity contribution in [2.75, 3.05) is 50.6 Å². The van der Waals surface area contributed by atoms with E-state index in [1.165, 1.54) is 4.80 Å². The van der Waals surface area contributed by atoms with Gasteiger partial charge < -0.3 is 19.4 Å². The molecule has 2 unspecified atom stereocenters. The minimum atomic E-state index is -0.0131. The average Bonchev–Trinajstić information content (AvgIpc) is 3.33. The standard InChI is InChI=1S/C23H28N8O2/c1-15-26-21(28(2)3)12-22(27-15)29-10-7-16-13-30(20(16)14-29)23(32)18-6-5-17(33-4)11-19(18)31-24-8-9-25-31/h5-6,8-9,11-12,16,20H,7,10,13-14H2,1-4H3. The Morgan fingerprint density at radius 1 is 1.12 bits per heavy atom. The molecule has 0 aliphatic carbocycles. The van der Waals surface area contributed by atoms with Crippen molar-refractivity contribution in [3.8, 4) is 11.4 Å². The first kappa shape index (κ1) is 21.2. The van der Waals surface area contributed by atoms with Crippen LogP contribution in [0.25, 0.3) is 5.69 Å². The van der Waals surface area contributed by atoms with Gasteiger partial charge in [0.2, 0.25) is 0 Å². The minimum Gasteiger partial charge on any atom is -0.497 e. The van der Waals surface area contributed by atoms with E-state index >= 15 is 0 Å². The van der Waals surface area contributed by atoms with Crippen LogP contribution in [0.5, 0.6) is 5.75 Å². The lowest BCUT2D eigenvalue weighted by Crippen LogP contribution is -2.66. The maximum Gasteiger partial charge on any atom is 0.256 e. The van der Waals surface area contributed by atoms with Crippen LogP contribution in [-0.2, 0) is 0 Å². The highest BCUT2D eigenvalue weighted by Crippen LogP contribution is 2.36. The highest BCUT2D eigenvalue weighted by atomic mass is 16.5. The van der Waals surface area contributed by atoms with Crippen molar-refractivity contribution >= 4 is 17.5 Å². The third kappa shape index (κ3) is 3.85. The Balaban J connectivity index is 1.39. The van der Waals surface area contributed by atoms with Crippen molar-refractivity contribution in [1.82, 2.24) is 29.9 Å². The number of carbonyl (C=O) groups is 1. The van der Waals surface area contributed by atoms with E-state index in [9.17, 15) is 4.79 Å². The molecule has 2 saturated heterocycles. The molecule has 0 saturated carbocycles. The number of nitrogens with zero attached hydrogens (tertiary/aromatic N) is 8. The van der Waals surface area contributed by atoms with Gasteiger partial charge in [0.05, 0.1) is 31.1 Å². The summed E-state index contributed by atoms with van der Waals surface area (Å²) in [5.74, 6) is 3.69. The first-order valence-corrected chi connectivity index (χ1v) is 11.1. The Bertz CT molecular complexity index is 1160. The third-order valence-electron chi connectivity index (χ3n) is 6.48. The maximum absolute atomic E-state index is 13.6. The van der Waals surface area contributed by atoms with Crippen LogP contribution in [0, 0.1) is 12.8 Å². The van der Waals surface area contributed by atoms with E-state index in [0.29, 0.717) is 22.9 Å². The normalized spacial score (nSPS) is 19.6. The van der Waals surface area contributed by atoms with Crippen LogP contribution >= 0.6 is 0 Å². The van der Waals surface area contributed by atoms with Gasteiger partial charge in [-0.1, -0.05) is 0 Å². The summed E-state index contributed by atoms with van der Waals surface area (Å²) in [4.78, 5) is 30.5. The number of rotatable bonds is 5. The molecule has 33 heavy (non-hydrogen) atoms. The second-order valence-corrected chi connectivity index (χ2v) is 8.75. The minimum absolute atomic E-state index is 0.0131. The molecule has 10 nitrogen and oxygen atoms in total. The number of ether oxygens (including phenoxy) is 1. The number of fused-ring (bicyclic) bond motifs is 1. The average molecular weight is 449 g/mol. The first-order valence-electron chi connectivity index (χ1n) is 11.1. The van der Waals surface area contributed by atoms with Gasteiger partial charge in [-0.25, -0.2) is 9.97 Å². The number of benzene rings is 1. The lowest BCUT2D eigenvalue weighted by atomic mass is 9.81. The van der Waals surface area contributed by atoms with Gasteiger partial charge in [0.25, 0.3) is 5.91 Å². The largest absolute Gasteiger partial charge is 0.497 e. The van der Waals surface area contributed by atoms with Gasteiger partial charge in [0, 0.05) is 51.8 Å². The summed E-state index contributed by atoms with van der Waals surface area (Å²) in [6.07, 6.45) is 4.22. The van der Waals surface area contributed by atoms with Crippen molar-refractivity contribution in [2.24, 2.45) is 5.92 Å². The van der Waals surface area contributed by atoms with Crippen LogP contribution in [0.3, 0.4) is 0 Å². The molecule has 10 heteroatoms. The first-order chi connectivity index (χ1) is 15.9. The van der Waals surface area contributed by atoms with Gasteiger partial charge in [-0.05, 0) is 25.5 Å². The van der Waals surface area contributed by atoms with Crippen LogP contribution < -0.4 is 14.5 Å². The summed E-state index contributed by atoms with van der Waals surface area (Å²) in [5.41, 5.74) is 1.18. The summed E-state index contributed by atoms with van der Waals surface area (Å²) in [6.45, 7) is 4.36. The molecular formula is C23H28N8O2. The number of amides is 1. The Morgan fingerprint density at radius 3 is 2.64 bits per heavy atom. The summed E-state index contributed by atoms with van der Waals surface area (Å²) in [6, 6.07) is 7.56. The predicted molar refractivity (Wildman–Crippen MR) is 124 cm³/mol. The van der Waals surface area contributed by atoms with E-state index in [0.717, 1.165) is 43.5 Å². The number of aryl methyl sites for hydroxylation is 1. The van der Waals surface area contributed by atoms with Gasteiger partial charge in [-0.3, -0.25) is 4.79 Å². The third-order valence-corrected chi connectivity index (χ3v) is 6.48. The molecule has 2 aliphatic heterocycles. The highest BCUT2D eigenvalue weighted by Gasteiger charge is 2.46. The second-order valence-electron chi connectivity index (χ2n) is 8.75. The van der Waals surface area contributed by atoms with E-state index in [2.05, 4.69) is 25.1 Å². The maximum atomic E-state index is 13.6. The predicted octanol–water partition coefficient (Wildman–Crippen LogP) is 1.79. The molecule has 2 atom stereocenters. The van der Waals surface area contributed by atoms with Crippen LogP contribution in [0.2, 0.25) is 0 Å². The Kier molecular flexibility index (Phi) is 5.35. The van der Waals surface area contributed by atoms with Gasteiger partial charge in [0.1, 0.15) is 28.9 Å². The molecule has 172 valence electrons. The number of methoxy groups -OCH3 is 1. The molecule has 2 aliphatic rings. The second kappa shape index (κ2) is 8.34. The van der Waals surface area contributed by atoms with Crippen molar-refractivity contribution in [2.45, 2.75) is 19.4 Å². The van der Waals surface area contributed by atoms with Crippen LogP contribution in [0.15, 0.2) is 36.7 Å². The fraction of sp³-hybridized carbons (Fsp3) is 0.435. The molecule has 3 aromatic rings. The molecule has 0 spiro atoms. The van der Waals surface area contributed by atoms with Gasteiger partial charge in [-0.15, -0.1) is 0 Å². The topological polar surface area (TPSA) is 92.5 Å². The van der Waals surface area contributed by atoms with E-state index < -0.39 is 0 Å². The monoisotopic (exact) mass is 448 g/mol. The summed E-state index contributed by atoms with van der Waals surface area (Å²) in [7, 11) is 5.56. The van der Waals surface area contributed by atoms with Crippen LogP contribution in [-0.4, -0.2) is 82.7 Å². The van der Waals surface area contributed by atoms with E-state index in [4.69, 9.17) is 4.74 Å². The van der Waals surface area contributed by atoms with Gasteiger partial charge in [-0.2, -0.15) is 15.0 Å². The Labute approximate surface area is 192 Å². The smallest absolute Gasteiger partial charge is 0.256 e. The van der Waals surface area contributed by atoms with Crippen LogP contribution in [0.4, 0.5) is 11.6 Å². The molecule has 4 heterocycles. The molecule has 0 radical (unpaired) electrons. The molecule has 0 bridgehead atoms. The molecule has 0 N–H and O–H groups in total. The quantitative estimate of drug-likeness (QED) is 0.583. The number of aromatic nitrogens is 5. The van der Waals surface area contributed by atoms with Crippen molar-refractivity contribution in [3.05, 3.63) is 48.0 Å². The van der Waals surface area contributed by atoms with Gasteiger partial charge in [0.15, 0.2) is 0 Å². The SMILES string of the molecule is COc1ccc(C(=O)N2CC3CCN(c4cc(N(C)C)nc(C)n4)CC32)c(-n2nccn2)c1. The fourth-order valence-corrected chi connectivity index (χ4v) is 4.65. The number of piperidine rings is 1. The fourth-order valence-electron chi connectivity index (χ4n) is 4.65. The number of likely N-dealkylation sites (tertiary alicyclic amines) is 1. The summed E-state index contributed by atoms with van der Waals surface area (Å²) >= 11 is 0.